The van der Waals surface area contributed by atoms with Crippen molar-refractivity contribution in [3.8, 4) is 0 Å². The Bertz CT molecular complexity index is 382. The molecular formula is C11H13F2NO2. The highest BCUT2D eigenvalue weighted by atomic mass is 19.1. The largest absolute Gasteiger partial charge is 0.465 e. The molecule has 0 saturated heterocycles. The zero-order valence-corrected chi connectivity index (χ0v) is 8.87. The van der Waals surface area contributed by atoms with E-state index in [1.165, 1.54) is 6.07 Å². The van der Waals surface area contributed by atoms with Gasteiger partial charge in [-0.2, -0.15) is 0 Å². The summed E-state index contributed by atoms with van der Waals surface area (Å²) < 4.78 is 30.5. The van der Waals surface area contributed by atoms with E-state index in [1.807, 2.05) is 0 Å². The number of esters is 1. The third kappa shape index (κ3) is 3.27. The fourth-order valence-corrected chi connectivity index (χ4v) is 1.26. The van der Waals surface area contributed by atoms with Crippen LogP contribution in [0.2, 0.25) is 0 Å². The van der Waals surface area contributed by atoms with Crippen molar-refractivity contribution < 1.29 is 18.3 Å². The number of benzene rings is 1. The monoisotopic (exact) mass is 229 g/mol. The molecule has 0 radical (unpaired) electrons. The number of carbonyl (C=O) groups is 1. The normalized spacial score (nSPS) is 12.2. The van der Waals surface area contributed by atoms with Crippen molar-refractivity contribution in [3.05, 3.63) is 35.4 Å². The molecule has 0 bridgehead atoms. The fraction of sp³-hybridized carbons (Fsp3) is 0.364. The van der Waals surface area contributed by atoms with E-state index in [1.54, 1.807) is 6.92 Å². The molecule has 88 valence electrons. The van der Waals surface area contributed by atoms with E-state index >= 15 is 0 Å². The van der Waals surface area contributed by atoms with Crippen LogP contribution < -0.4 is 5.73 Å². The number of rotatable bonds is 4. The molecule has 0 amide bonds. The first kappa shape index (κ1) is 12.6. The van der Waals surface area contributed by atoms with Crippen LogP contribution in [0.1, 0.15) is 12.5 Å². The van der Waals surface area contributed by atoms with Crippen LogP contribution in [0.4, 0.5) is 8.78 Å². The summed E-state index contributed by atoms with van der Waals surface area (Å²) in [6.07, 6.45) is -0.00898. The third-order valence-electron chi connectivity index (χ3n) is 2.04. The number of hydrogen-bond acceptors (Lipinski definition) is 3. The number of nitrogens with two attached hydrogens (primary N) is 1. The van der Waals surface area contributed by atoms with Crippen molar-refractivity contribution in [2.45, 2.75) is 19.4 Å². The van der Waals surface area contributed by atoms with E-state index in [2.05, 4.69) is 4.74 Å². The Hall–Kier alpha value is -1.49. The van der Waals surface area contributed by atoms with Crippen molar-refractivity contribution in [1.29, 1.82) is 0 Å². The molecule has 1 atom stereocenters. The van der Waals surface area contributed by atoms with Gasteiger partial charge in [0.1, 0.15) is 17.7 Å². The van der Waals surface area contributed by atoms with Crippen LogP contribution in [0.3, 0.4) is 0 Å². The summed E-state index contributed by atoms with van der Waals surface area (Å²) in [4.78, 5) is 11.2. The van der Waals surface area contributed by atoms with E-state index in [4.69, 9.17) is 5.73 Å². The van der Waals surface area contributed by atoms with Gasteiger partial charge in [0, 0.05) is 12.5 Å². The average Bonchev–Trinajstić information content (AvgIpc) is 2.22. The Morgan fingerprint density at radius 3 is 2.75 bits per heavy atom. The molecule has 2 N–H and O–H groups in total. The van der Waals surface area contributed by atoms with Gasteiger partial charge in [-0.3, -0.25) is 4.79 Å². The average molecular weight is 229 g/mol. The maximum absolute atomic E-state index is 13.2. The minimum Gasteiger partial charge on any atom is -0.465 e. The Kier molecular flexibility index (Phi) is 4.37. The maximum Gasteiger partial charge on any atom is 0.323 e. The second-order valence-electron chi connectivity index (χ2n) is 3.30. The lowest BCUT2D eigenvalue weighted by atomic mass is 10.1. The van der Waals surface area contributed by atoms with Crippen molar-refractivity contribution in [2.75, 3.05) is 6.61 Å². The van der Waals surface area contributed by atoms with Gasteiger partial charge in [0.25, 0.3) is 0 Å². The summed E-state index contributed by atoms with van der Waals surface area (Å²) in [5.74, 6) is -1.96. The zero-order valence-electron chi connectivity index (χ0n) is 8.87. The SMILES string of the molecule is CCOC(=O)[C@H](N)Cc1ccc(F)cc1F. The molecule has 0 unspecified atom stereocenters. The van der Waals surface area contributed by atoms with Gasteiger partial charge in [-0.15, -0.1) is 0 Å². The molecule has 1 aromatic carbocycles. The molecule has 0 saturated carbocycles. The minimum absolute atomic E-state index is 0.00898. The van der Waals surface area contributed by atoms with Crippen LogP contribution in [0.5, 0.6) is 0 Å². The molecule has 1 aromatic rings. The molecule has 0 spiro atoms. The molecule has 0 aliphatic carbocycles. The number of halogens is 2. The molecule has 3 nitrogen and oxygen atoms in total. The topological polar surface area (TPSA) is 52.3 Å². The van der Waals surface area contributed by atoms with Crippen LogP contribution in [-0.2, 0) is 16.0 Å². The highest BCUT2D eigenvalue weighted by Crippen LogP contribution is 2.11. The second-order valence-corrected chi connectivity index (χ2v) is 3.30. The highest BCUT2D eigenvalue weighted by Gasteiger charge is 2.17. The molecule has 0 aromatic heterocycles. The van der Waals surface area contributed by atoms with Crippen molar-refractivity contribution in [1.82, 2.24) is 0 Å². The van der Waals surface area contributed by atoms with E-state index < -0.39 is 23.6 Å². The van der Waals surface area contributed by atoms with E-state index in [9.17, 15) is 13.6 Å². The molecule has 1 rings (SSSR count). The first-order chi connectivity index (χ1) is 7.54. The smallest absolute Gasteiger partial charge is 0.323 e. The molecular weight excluding hydrogens is 216 g/mol. The summed E-state index contributed by atoms with van der Waals surface area (Å²) in [5, 5.41) is 0. The standard InChI is InChI=1S/C11H13F2NO2/c1-2-16-11(15)10(14)5-7-3-4-8(12)6-9(7)13/h3-4,6,10H,2,5,14H2,1H3/t10-/m1/s1. The first-order valence-corrected chi connectivity index (χ1v) is 4.90. The Morgan fingerprint density at radius 1 is 1.50 bits per heavy atom. The van der Waals surface area contributed by atoms with E-state index in [0.29, 0.717) is 0 Å². The fourth-order valence-electron chi connectivity index (χ4n) is 1.26. The third-order valence-corrected chi connectivity index (χ3v) is 2.04. The maximum atomic E-state index is 13.2. The lowest BCUT2D eigenvalue weighted by Crippen LogP contribution is -2.34. The summed E-state index contributed by atoms with van der Waals surface area (Å²) in [6, 6.07) is 2.22. The van der Waals surface area contributed by atoms with Crippen molar-refractivity contribution in [2.24, 2.45) is 5.73 Å². The van der Waals surface area contributed by atoms with Gasteiger partial charge in [0.15, 0.2) is 0 Å². The van der Waals surface area contributed by atoms with E-state index in [0.717, 1.165) is 12.1 Å². The zero-order chi connectivity index (χ0) is 12.1. The quantitative estimate of drug-likeness (QED) is 0.794. The highest BCUT2D eigenvalue weighted by molar-refractivity contribution is 5.75. The number of carbonyl (C=O) groups excluding carboxylic acids is 1. The van der Waals surface area contributed by atoms with Crippen LogP contribution in [-0.4, -0.2) is 18.6 Å². The molecule has 0 heterocycles. The Labute approximate surface area is 92.2 Å². The second kappa shape index (κ2) is 5.55. The Balaban J connectivity index is 2.69. The van der Waals surface area contributed by atoms with Gasteiger partial charge in [-0.05, 0) is 18.6 Å². The van der Waals surface area contributed by atoms with Crippen LogP contribution >= 0.6 is 0 Å². The minimum atomic E-state index is -0.931. The summed E-state index contributed by atoms with van der Waals surface area (Å²) in [5.41, 5.74) is 5.70. The number of ether oxygens (including phenoxy) is 1. The van der Waals surface area contributed by atoms with Gasteiger partial charge in [0.05, 0.1) is 6.61 Å². The first-order valence-electron chi connectivity index (χ1n) is 4.90. The van der Waals surface area contributed by atoms with Crippen molar-refractivity contribution in [3.63, 3.8) is 0 Å². The van der Waals surface area contributed by atoms with Gasteiger partial charge in [0.2, 0.25) is 0 Å². The number of hydrogen-bond donors (Lipinski definition) is 1. The lowest BCUT2D eigenvalue weighted by molar-refractivity contribution is -0.144. The lowest BCUT2D eigenvalue weighted by Gasteiger charge is -2.10. The van der Waals surface area contributed by atoms with Gasteiger partial charge in [-0.25, -0.2) is 8.78 Å². The van der Waals surface area contributed by atoms with Gasteiger partial charge in [-0.1, -0.05) is 6.07 Å². The summed E-state index contributed by atoms with van der Waals surface area (Å²) in [6.45, 7) is 1.88. The molecule has 0 aliphatic heterocycles. The molecule has 16 heavy (non-hydrogen) atoms. The molecule has 0 aliphatic rings. The predicted molar refractivity (Wildman–Crippen MR) is 54.7 cm³/mol. The van der Waals surface area contributed by atoms with E-state index in [-0.39, 0.29) is 18.6 Å². The summed E-state index contributed by atoms with van der Waals surface area (Å²) in [7, 11) is 0. The van der Waals surface area contributed by atoms with Crippen LogP contribution in [0, 0.1) is 11.6 Å². The molecule has 5 heteroatoms. The van der Waals surface area contributed by atoms with Gasteiger partial charge >= 0.3 is 5.97 Å². The van der Waals surface area contributed by atoms with Crippen molar-refractivity contribution >= 4 is 5.97 Å². The predicted octanol–water partition coefficient (Wildman–Crippen LogP) is 1.40. The Morgan fingerprint density at radius 2 is 2.19 bits per heavy atom. The van der Waals surface area contributed by atoms with Crippen LogP contribution in [0.25, 0.3) is 0 Å². The molecule has 0 fully saturated rings. The van der Waals surface area contributed by atoms with Gasteiger partial charge < -0.3 is 10.5 Å². The van der Waals surface area contributed by atoms with Crippen LogP contribution in [0.15, 0.2) is 18.2 Å². The summed E-state index contributed by atoms with van der Waals surface area (Å²) >= 11 is 0.